The lowest BCUT2D eigenvalue weighted by atomic mass is 9.99. The van der Waals surface area contributed by atoms with Crippen LogP contribution in [0.3, 0.4) is 0 Å². The predicted molar refractivity (Wildman–Crippen MR) is 79.7 cm³/mol. The number of fused-ring (bicyclic) bond motifs is 1. The SMILES string of the molecule is CC(C(=O)N1CCc2ccccc2C1)N(C)CC(O)C(F)(F)F. The molecule has 1 heterocycles. The molecule has 2 rings (SSSR count). The summed E-state index contributed by atoms with van der Waals surface area (Å²) in [5, 5.41) is 9.14. The third-order valence-electron chi connectivity index (χ3n) is 4.30. The van der Waals surface area contributed by atoms with Crippen molar-refractivity contribution in [2.75, 3.05) is 20.1 Å². The number of amides is 1. The minimum Gasteiger partial charge on any atom is -0.382 e. The molecular formula is C16H21F3N2O2. The van der Waals surface area contributed by atoms with Crippen LogP contribution in [0.1, 0.15) is 18.1 Å². The Bertz CT molecular complexity index is 563. The molecule has 1 aromatic rings. The van der Waals surface area contributed by atoms with Crippen LogP contribution in [0.4, 0.5) is 13.2 Å². The molecule has 2 atom stereocenters. The fourth-order valence-electron chi connectivity index (χ4n) is 2.67. The van der Waals surface area contributed by atoms with Gasteiger partial charge in [-0.25, -0.2) is 0 Å². The highest BCUT2D eigenvalue weighted by atomic mass is 19.4. The number of nitrogens with zero attached hydrogens (tertiary/aromatic N) is 2. The number of aliphatic hydroxyl groups is 1. The van der Waals surface area contributed by atoms with Crippen molar-refractivity contribution < 1.29 is 23.1 Å². The number of rotatable bonds is 4. The van der Waals surface area contributed by atoms with Crippen LogP contribution in [0.25, 0.3) is 0 Å². The van der Waals surface area contributed by atoms with Crippen LogP contribution >= 0.6 is 0 Å². The van der Waals surface area contributed by atoms with Gasteiger partial charge in [-0.1, -0.05) is 24.3 Å². The number of aliphatic hydroxyl groups excluding tert-OH is 1. The second kappa shape index (κ2) is 6.88. The van der Waals surface area contributed by atoms with Crippen molar-refractivity contribution in [1.82, 2.24) is 9.80 Å². The highest BCUT2D eigenvalue weighted by molar-refractivity contribution is 5.81. The molecule has 23 heavy (non-hydrogen) atoms. The van der Waals surface area contributed by atoms with Gasteiger partial charge in [-0.3, -0.25) is 9.69 Å². The summed E-state index contributed by atoms with van der Waals surface area (Å²) in [6.45, 7) is 1.96. The zero-order valence-corrected chi connectivity index (χ0v) is 13.2. The summed E-state index contributed by atoms with van der Waals surface area (Å²) in [4.78, 5) is 15.4. The summed E-state index contributed by atoms with van der Waals surface area (Å²) >= 11 is 0. The van der Waals surface area contributed by atoms with Gasteiger partial charge >= 0.3 is 6.18 Å². The maximum absolute atomic E-state index is 12.5. The van der Waals surface area contributed by atoms with Gasteiger partial charge in [0.1, 0.15) is 0 Å². The van der Waals surface area contributed by atoms with Crippen LogP contribution in [0, 0.1) is 0 Å². The Kier molecular flexibility index (Phi) is 5.31. The van der Waals surface area contributed by atoms with Gasteiger partial charge in [0, 0.05) is 19.6 Å². The predicted octanol–water partition coefficient (Wildman–Crippen LogP) is 1.81. The maximum Gasteiger partial charge on any atom is 0.415 e. The molecule has 0 radical (unpaired) electrons. The number of hydrogen-bond donors (Lipinski definition) is 1. The highest BCUT2D eigenvalue weighted by Crippen LogP contribution is 2.22. The molecular weight excluding hydrogens is 309 g/mol. The lowest BCUT2D eigenvalue weighted by molar-refractivity contribution is -0.208. The lowest BCUT2D eigenvalue weighted by Crippen LogP contribution is -2.50. The summed E-state index contributed by atoms with van der Waals surface area (Å²) in [6.07, 6.45) is -6.39. The summed E-state index contributed by atoms with van der Waals surface area (Å²) < 4.78 is 37.3. The van der Waals surface area contributed by atoms with Gasteiger partial charge in [-0.15, -0.1) is 0 Å². The topological polar surface area (TPSA) is 43.8 Å². The van der Waals surface area contributed by atoms with Gasteiger partial charge in [0.15, 0.2) is 6.10 Å². The van der Waals surface area contributed by atoms with E-state index >= 15 is 0 Å². The summed E-state index contributed by atoms with van der Waals surface area (Å²) in [5.41, 5.74) is 2.27. The van der Waals surface area contributed by atoms with Gasteiger partial charge in [0.2, 0.25) is 5.91 Å². The minimum absolute atomic E-state index is 0.226. The minimum atomic E-state index is -4.68. The number of carbonyl (C=O) groups is 1. The van der Waals surface area contributed by atoms with E-state index in [1.807, 2.05) is 24.3 Å². The number of benzene rings is 1. The molecule has 0 saturated carbocycles. The quantitative estimate of drug-likeness (QED) is 0.916. The Hall–Kier alpha value is -1.60. The van der Waals surface area contributed by atoms with E-state index in [9.17, 15) is 18.0 Å². The van der Waals surface area contributed by atoms with Gasteiger partial charge < -0.3 is 10.0 Å². The fraction of sp³-hybridized carbons (Fsp3) is 0.562. The second-order valence-electron chi connectivity index (χ2n) is 5.95. The van der Waals surface area contributed by atoms with Gasteiger partial charge in [-0.2, -0.15) is 13.2 Å². The Morgan fingerprint density at radius 3 is 2.57 bits per heavy atom. The maximum atomic E-state index is 12.5. The van der Waals surface area contributed by atoms with Crippen molar-refractivity contribution in [2.24, 2.45) is 0 Å². The summed E-state index contributed by atoms with van der Waals surface area (Å²) in [6, 6.07) is 7.10. The molecule has 1 aliphatic rings. The van der Waals surface area contributed by atoms with Crippen molar-refractivity contribution in [1.29, 1.82) is 0 Å². The van der Waals surface area contributed by atoms with E-state index in [0.717, 1.165) is 12.0 Å². The van der Waals surface area contributed by atoms with Crippen LogP contribution in [0.15, 0.2) is 24.3 Å². The molecule has 1 amide bonds. The Labute approximate surface area is 133 Å². The Morgan fingerprint density at radius 2 is 1.96 bits per heavy atom. The molecule has 0 aromatic heterocycles. The van der Waals surface area contributed by atoms with Crippen molar-refractivity contribution in [3.8, 4) is 0 Å². The summed E-state index contributed by atoms with van der Waals surface area (Å²) in [5.74, 6) is -0.226. The molecule has 0 fully saturated rings. The molecule has 128 valence electrons. The van der Waals surface area contributed by atoms with Crippen LogP contribution in [0.5, 0.6) is 0 Å². The fourth-order valence-corrected chi connectivity index (χ4v) is 2.67. The zero-order chi connectivity index (χ0) is 17.2. The van der Waals surface area contributed by atoms with Crippen molar-refractivity contribution in [2.45, 2.75) is 38.2 Å². The largest absolute Gasteiger partial charge is 0.415 e. The van der Waals surface area contributed by atoms with Gasteiger partial charge in [-0.05, 0) is 31.5 Å². The smallest absolute Gasteiger partial charge is 0.382 e. The molecule has 0 spiro atoms. The van der Waals surface area contributed by atoms with Crippen LogP contribution in [0.2, 0.25) is 0 Å². The van der Waals surface area contributed by atoms with E-state index in [0.29, 0.717) is 13.1 Å². The first-order valence-electron chi connectivity index (χ1n) is 7.50. The number of likely N-dealkylation sites (N-methyl/N-ethyl adjacent to an activating group) is 1. The number of hydrogen-bond acceptors (Lipinski definition) is 3. The second-order valence-corrected chi connectivity index (χ2v) is 5.95. The Balaban J connectivity index is 1.98. The standard InChI is InChI=1S/C16H21F3N2O2/c1-11(20(2)10-14(22)16(17,18)19)15(23)21-8-7-12-5-3-4-6-13(12)9-21/h3-6,11,14,22H,7-10H2,1-2H3. The average Bonchev–Trinajstić information content (AvgIpc) is 2.51. The monoisotopic (exact) mass is 330 g/mol. The van der Waals surface area contributed by atoms with E-state index in [1.165, 1.54) is 17.5 Å². The first-order chi connectivity index (χ1) is 10.7. The third-order valence-corrected chi connectivity index (χ3v) is 4.30. The van der Waals surface area contributed by atoms with Gasteiger partial charge in [0.25, 0.3) is 0 Å². The van der Waals surface area contributed by atoms with E-state index < -0.39 is 24.9 Å². The molecule has 1 aliphatic heterocycles. The molecule has 7 heteroatoms. The number of alkyl halides is 3. The zero-order valence-electron chi connectivity index (χ0n) is 13.2. The molecule has 0 bridgehead atoms. The first kappa shape index (κ1) is 17.7. The third kappa shape index (κ3) is 4.23. The van der Waals surface area contributed by atoms with Crippen molar-refractivity contribution in [3.63, 3.8) is 0 Å². The van der Waals surface area contributed by atoms with Crippen LogP contribution < -0.4 is 0 Å². The Morgan fingerprint density at radius 1 is 1.35 bits per heavy atom. The molecule has 2 unspecified atom stereocenters. The number of carbonyl (C=O) groups excluding carboxylic acids is 1. The normalized spacial score (nSPS) is 17.8. The molecule has 0 saturated heterocycles. The molecule has 0 aliphatic carbocycles. The van der Waals surface area contributed by atoms with E-state index in [-0.39, 0.29) is 5.91 Å². The molecule has 4 nitrogen and oxygen atoms in total. The van der Waals surface area contributed by atoms with Crippen LogP contribution in [-0.4, -0.2) is 59.3 Å². The molecule has 1 N–H and O–H groups in total. The summed E-state index contributed by atoms with van der Waals surface area (Å²) in [7, 11) is 1.41. The van der Waals surface area contributed by atoms with E-state index in [2.05, 4.69) is 0 Å². The van der Waals surface area contributed by atoms with Crippen molar-refractivity contribution >= 4 is 5.91 Å². The average molecular weight is 330 g/mol. The van der Waals surface area contributed by atoms with Crippen LogP contribution in [-0.2, 0) is 17.8 Å². The molecule has 1 aromatic carbocycles. The first-order valence-corrected chi connectivity index (χ1v) is 7.50. The van der Waals surface area contributed by atoms with E-state index in [4.69, 9.17) is 5.11 Å². The highest BCUT2D eigenvalue weighted by Gasteiger charge is 2.40. The van der Waals surface area contributed by atoms with Gasteiger partial charge in [0.05, 0.1) is 6.04 Å². The van der Waals surface area contributed by atoms with E-state index in [1.54, 1.807) is 11.8 Å². The lowest BCUT2D eigenvalue weighted by Gasteiger charge is -2.34. The van der Waals surface area contributed by atoms with Crippen molar-refractivity contribution in [3.05, 3.63) is 35.4 Å². The number of halogens is 3.